The Morgan fingerprint density at radius 2 is 1.94 bits per heavy atom. The fourth-order valence-electron chi connectivity index (χ4n) is 1.86. The normalized spacial score (nSPS) is 10.8. The van der Waals surface area contributed by atoms with Gasteiger partial charge in [0, 0.05) is 12.4 Å². The van der Waals surface area contributed by atoms with Crippen LogP contribution in [0.1, 0.15) is 0 Å². The Kier molecular flexibility index (Phi) is 1.98. The number of nitrogens with zero attached hydrogens (tertiary/aromatic N) is 2. The van der Waals surface area contributed by atoms with Gasteiger partial charge in [0.2, 0.25) is 0 Å². The summed E-state index contributed by atoms with van der Waals surface area (Å²) in [4.78, 5) is 18.4. The molecule has 0 bridgehead atoms. The molecule has 3 rings (SSSR count). The molecule has 0 saturated carbocycles. The fourth-order valence-corrected chi connectivity index (χ4v) is 1.86. The number of phenols is 1. The van der Waals surface area contributed by atoms with Crippen LogP contribution in [0, 0.1) is 0 Å². The molecule has 0 aliphatic heterocycles. The summed E-state index contributed by atoms with van der Waals surface area (Å²) in [5.74, 6) is 0.0624. The average molecular weight is 227 g/mol. The molecule has 84 valence electrons. The van der Waals surface area contributed by atoms with Crippen LogP contribution in [0.5, 0.6) is 5.75 Å². The van der Waals surface area contributed by atoms with Crippen LogP contribution in [-0.4, -0.2) is 19.6 Å². The minimum atomic E-state index is -0.285. The van der Waals surface area contributed by atoms with Crippen molar-refractivity contribution in [2.75, 3.05) is 0 Å². The molecule has 0 spiro atoms. The summed E-state index contributed by atoms with van der Waals surface area (Å²) in [7, 11) is 0. The maximum absolute atomic E-state index is 11.9. The Hall–Kier alpha value is -2.56. The summed E-state index contributed by atoms with van der Waals surface area (Å²) in [6.07, 6.45) is 3.23. The molecule has 5 heteroatoms. The minimum absolute atomic E-state index is 0.0624. The molecule has 0 aliphatic rings. The number of hydrogen-bond acceptors (Lipinski definition) is 3. The predicted molar refractivity (Wildman–Crippen MR) is 63.4 cm³/mol. The third-order valence-electron chi connectivity index (χ3n) is 2.62. The van der Waals surface area contributed by atoms with Gasteiger partial charge in [-0.3, -0.25) is 9.55 Å². The number of para-hydroxylation sites is 1. The number of aromatic amines is 1. The minimum Gasteiger partial charge on any atom is -0.506 e. The van der Waals surface area contributed by atoms with Gasteiger partial charge in [-0.05, 0) is 24.3 Å². The van der Waals surface area contributed by atoms with E-state index >= 15 is 0 Å². The molecule has 2 heterocycles. The number of aromatic nitrogens is 3. The lowest BCUT2D eigenvalue weighted by molar-refractivity contribution is 0.480. The molecular weight excluding hydrogens is 218 g/mol. The zero-order chi connectivity index (χ0) is 11.8. The number of fused-ring (bicyclic) bond motifs is 1. The fraction of sp³-hybridized carbons (Fsp3) is 0. The zero-order valence-corrected chi connectivity index (χ0v) is 8.79. The standard InChI is InChI=1S/C12H9N3O2/c16-10-3-1-2-9-11(10)14-12(17)15(9)8-4-6-13-7-5-8/h1-7,16H,(H,14,17). The molecule has 0 amide bonds. The third kappa shape index (κ3) is 1.40. The Labute approximate surface area is 96.0 Å². The molecule has 5 nitrogen and oxygen atoms in total. The lowest BCUT2D eigenvalue weighted by atomic mass is 10.3. The van der Waals surface area contributed by atoms with Crippen LogP contribution >= 0.6 is 0 Å². The molecule has 2 N–H and O–H groups in total. The first-order valence-corrected chi connectivity index (χ1v) is 5.10. The highest BCUT2D eigenvalue weighted by atomic mass is 16.3. The van der Waals surface area contributed by atoms with E-state index in [0.29, 0.717) is 16.7 Å². The summed E-state index contributed by atoms with van der Waals surface area (Å²) in [5.41, 5.74) is 1.50. The summed E-state index contributed by atoms with van der Waals surface area (Å²) < 4.78 is 1.50. The molecule has 0 fully saturated rings. The maximum Gasteiger partial charge on any atom is 0.331 e. The smallest absolute Gasteiger partial charge is 0.331 e. The third-order valence-corrected chi connectivity index (χ3v) is 2.62. The lowest BCUT2D eigenvalue weighted by Crippen LogP contribution is -2.14. The molecular formula is C12H9N3O2. The van der Waals surface area contributed by atoms with Crippen LogP contribution in [0.25, 0.3) is 16.7 Å². The van der Waals surface area contributed by atoms with Crippen molar-refractivity contribution in [3.8, 4) is 11.4 Å². The van der Waals surface area contributed by atoms with Gasteiger partial charge in [0.15, 0.2) is 0 Å². The van der Waals surface area contributed by atoms with Gasteiger partial charge in [-0.25, -0.2) is 4.79 Å². The molecule has 17 heavy (non-hydrogen) atoms. The van der Waals surface area contributed by atoms with Crippen molar-refractivity contribution < 1.29 is 5.11 Å². The first-order valence-electron chi connectivity index (χ1n) is 5.10. The van der Waals surface area contributed by atoms with Crippen LogP contribution in [0.4, 0.5) is 0 Å². The number of aromatic hydroxyl groups is 1. The van der Waals surface area contributed by atoms with E-state index in [4.69, 9.17) is 0 Å². The Morgan fingerprint density at radius 3 is 2.71 bits per heavy atom. The molecule has 2 aromatic heterocycles. The lowest BCUT2D eigenvalue weighted by Gasteiger charge is -2.02. The van der Waals surface area contributed by atoms with Crippen molar-refractivity contribution in [1.82, 2.24) is 14.5 Å². The maximum atomic E-state index is 11.9. The van der Waals surface area contributed by atoms with Crippen molar-refractivity contribution in [2.45, 2.75) is 0 Å². The van der Waals surface area contributed by atoms with E-state index in [1.807, 2.05) is 0 Å². The van der Waals surface area contributed by atoms with Crippen molar-refractivity contribution in [2.24, 2.45) is 0 Å². The van der Waals surface area contributed by atoms with E-state index in [-0.39, 0.29) is 11.4 Å². The van der Waals surface area contributed by atoms with E-state index in [2.05, 4.69) is 9.97 Å². The molecule has 0 saturated heterocycles. The van der Waals surface area contributed by atoms with Gasteiger partial charge in [0.1, 0.15) is 11.3 Å². The van der Waals surface area contributed by atoms with E-state index < -0.39 is 0 Å². The van der Waals surface area contributed by atoms with E-state index in [1.165, 1.54) is 10.6 Å². The topological polar surface area (TPSA) is 70.9 Å². The number of benzene rings is 1. The molecule has 3 aromatic rings. The second-order valence-electron chi connectivity index (χ2n) is 3.64. The van der Waals surface area contributed by atoms with Crippen LogP contribution in [0.2, 0.25) is 0 Å². The van der Waals surface area contributed by atoms with Crippen molar-refractivity contribution >= 4 is 11.0 Å². The van der Waals surface area contributed by atoms with Crippen molar-refractivity contribution in [3.63, 3.8) is 0 Å². The highest BCUT2D eigenvalue weighted by Crippen LogP contribution is 2.22. The summed E-state index contributed by atoms with van der Waals surface area (Å²) >= 11 is 0. The number of nitrogens with one attached hydrogen (secondary N) is 1. The number of hydrogen-bond donors (Lipinski definition) is 2. The second-order valence-corrected chi connectivity index (χ2v) is 3.64. The first-order chi connectivity index (χ1) is 8.27. The van der Waals surface area contributed by atoms with Gasteiger partial charge in [-0.2, -0.15) is 0 Å². The van der Waals surface area contributed by atoms with Gasteiger partial charge in [-0.15, -0.1) is 0 Å². The van der Waals surface area contributed by atoms with E-state index in [1.54, 1.807) is 36.7 Å². The average Bonchev–Trinajstić information content (AvgIpc) is 2.68. The molecule has 0 unspecified atom stereocenters. The number of rotatable bonds is 1. The van der Waals surface area contributed by atoms with Gasteiger partial charge in [0.05, 0.1) is 11.2 Å². The van der Waals surface area contributed by atoms with Gasteiger partial charge in [0.25, 0.3) is 0 Å². The predicted octanol–water partition coefficient (Wildman–Crippen LogP) is 1.42. The highest BCUT2D eigenvalue weighted by Gasteiger charge is 2.10. The van der Waals surface area contributed by atoms with E-state index in [9.17, 15) is 9.90 Å². The molecule has 0 aliphatic carbocycles. The van der Waals surface area contributed by atoms with Gasteiger partial charge >= 0.3 is 5.69 Å². The Morgan fingerprint density at radius 1 is 1.18 bits per heavy atom. The van der Waals surface area contributed by atoms with Gasteiger partial charge < -0.3 is 10.1 Å². The van der Waals surface area contributed by atoms with Gasteiger partial charge in [-0.1, -0.05) is 6.07 Å². The summed E-state index contributed by atoms with van der Waals surface area (Å²) in [6.45, 7) is 0. The largest absolute Gasteiger partial charge is 0.506 e. The summed E-state index contributed by atoms with van der Waals surface area (Å²) in [5, 5.41) is 9.66. The highest BCUT2D eigenvalue weighted by molar-refractivity contribution is 5.82. The molecule has 1 aromatic carbocycles. The quantitative estimate of drug-likeness (QED) is 0.660. The van der Waals surface area contributed by atoms with Crippen LogP contribution in [0.3, 0.4) is 0 Å². The first kappa shape index (κ1) is 9.65. The number of pyridine rings is 1. The number of imidazole rings is 1. The molecule has 0 radical (unpaired) electrons. The number of H-pyrrole nitrogens is 1. The monoisotopic (exact) mass is 227 g/mol. The summed E-state index contributed by atoms with van der Waals surface area (Å²) in [6, 6.07) is 8.47. The Balaban J connectivity index is 2.42. The second kappa shape index (κ2) is 3.48. The van der Waals surface area contributed by atoms with Crippen LogP contribution < -0.4 is 5.69 Å². The molecule has 0 atom stereocenters. The Bertz CT molecular complexity index is 728. The van der Waals surface area contributed by atoms with Crippen molar-refractivity contribution in [3.05, 3.63) is 53.2 Å². The number of phenolic OH excluding ortho intramolecular Hbond substituents is 1. The SMILES string of the molecule is O=c1[nH]c2c(O)cccc2n1-c1ccncc1. The van der Waals surface area contributed by atoms with Crippen LogP contribution in [0.15, 0.2) is 47.5 Å². The van der Waals surface area contributed by atoms with Crippen molar-refractivity contribution in [1.29, 1.82) is 0 Å². The van der Waals surface area contributed by atoms with Crippen LogP contribution in [-0.2, 0) is 0 Å². The van der Waals surface area contributed by atoms with E-state index in [0.717, 1.165) is 0 Å². The zero-order valence-electron chi connectivity index (χ0n) is 8.79.